The minimum Gasteiger partial charge on any atom is -0.494 e. The predicted molar refractivity (Wildman–Crippen MR) is 98.5 cm³/mol. The van der Waals surface area contributed by atoms with Crippen LogP contribution in [0.1, 0.15) is 24.5 Å². The Bertz CT molecular complexity index is 832. The Hall–Kier alpha value is -2.08. The summed E-state index contributed by atoms with van der Waals surface area (Å²) in [5.41, 5.74) is 2.35. The van der Waals surface area contributed by atoms with E-state index in [0.717, 1.165) is 23.4 Å². The third-order valence-corrected chi connectivity index (χ3v) is 4.87. The molecule has 1 amide bonds. The number of carbonyl (C=O) groups is 1. The lowest BCUT2D eigenvalue weighted by molar-refractivity contribution is -0.256. The smallest absolute Gasteiger partial charge is 0.292 e. The van der Waals surface area contributed by atoms with E-state index in [0.29, 0.717) is 37.0 Å². The van der Waals surface area contributed by atoms with Crippen LogP contribution in [0.3, 0.4) is 0 Å². The molecule has 0 atom stereocenters. The van der Waals surface area contributed by atoms with E-state index >= 15 is 0 Å². The molecule has 1 spiro atoms. The number of anilines is 1. The molecule has 0 unspecified atom stereocenters. The molecule has 4 rings (SSSR count). The van der Waals surface area contributed by atoms with Gasteiger partial charge in [0.2, 0.25) is 0 Å². The summed E-state index contributed by atoms with van der Waals surface area (Å²) in [6.07, 6.45) is 0.762. The number of carbonyl (C=O) groups excluding carboxylic acids is 1. The highest BCUT2D eigenvalue weighted by Crippen LogP contribution is 2.47. The van der Waals surface area contributed by atoms with E-state index < -0.39 is 5.79 Å². The molecule has 0 aromatic heterocycles. The van der Waals surface area contributed by atoms with Crippen molar-refractivity contribution in [1.82, 2.24) is 0 Å². The van der Waals surface area contributed by atoms with E-state index in [1.807, 2.05) is 37.3 Å². The predicted octanol–water partition coefficient (Wildman–Crippen LogP) is 3.88. The molecule has 6 heteroatoms. The van der Waals surface area contributed by atoms with E-state index in [1.54, 1.807) is 17.0 Å². The zero-order valence-corrected chi connectivity index (χ0v) is 15.3. The molecule has 2 aromatic carbocycles. The van der Waals surface area contributed by atoms with E-state index in [4.69, 9.17) is 25.8 Å². The lowest BCUT2D eigenvalue weighted by Gasteiger charge is -2.32. The van der Waals surface area contributed by atoms with Gasteiger partial charge in [0, 0.05) is 16.1 Å². The van der Waals surface area contributed by atoms with Crippen LogP contribution in [-0.4, -0.2) is 25.7 Å². The fourth-order valence-corrected chi connectivity index (χ4v) is 3.65. The summed E-state index contributed by atoms with van der Waals surface area (Å²) in [7, 11) is 0. The van der Waals surface area contributed by atoms with E-state index in [9.17, 15) is 4.79 Å². The second-order valence-electron chi connectivity index (χ2n) is 6.26. The first-order valence-corrected chi connectivity index (χ1v) is 9.14. The summed E-state index contributed by atoms with van der Waals surface area (Å²) in [5, 5.41) is 0.547. The molecule has 0 saturated carbocycles. The Labute approximate surface area is 157 Å². The van der Waals surface area contributed by atoms with Crippen molar-refractivity contribution in [3.63, 3.8) is 0 Å². The van der Waals surface area contributed by atoms with Crippen LogP contribution in [-0.2, 0) is 26.6 Å². The maximum absolute atomic E-state index is 13.3. The first kappa shape index (κ1) is 17.3. The summed E-state index contributed by atoms with van der Waals surface area (Å²) < 4.78 is 17.4. The third kappa shape index (κ3) is 2.76. The number of nitrogens with zero attached hydrogens (tertiary/aromatic N) is 1. The minimum atomic E-state index is -1.39. The van der Waals surface area contributed by atoms with Crippen LogP contribution >= 0.6 is 11.6 Å². The second kappa shape index (κ2) is 6.91. The van der Waals surface area contributed by atoms with Crippen molar-refractivity contribution in [3.8, 4) is 5.75 Å². The molecule has 2 aromatic rings. The number of rotatable bonds is 4. The SMILES string of the molecule is CCOc1ccccc1CN1C(=O)C2(OCCCO2)c2cc(Cl)ccc21. The van der Waals surface area contributed by atoms with Gasteiger partial charge in [-0.3, -0.25) is 4.79 Å². The Kier molecular flexibility index (Phi) is 4.61. The normalized spacial score (nSPS) is 18.2. The summed E-state index contributed by atoms with van der Waals surface area (Å²) in [4.78, 5) is 15.0. The molecule has 136 valence electrons. The fourth-order valence-electron chi connectivity index (χ4n) is 3.48. The van der Waals surface area contributed by atoms with E-state index in [-0.39, 0.29) is 5.91 Å². The summed E-state index contributed by atoms with van der Waals surface area (Å²) >= 11 is 6.19. The first-order chi connectivity index (χ1) is 12.7. The van der Waals surface area contributed by atoms with Gasteiger partial charge in [0.1, 0.15) is 5.75 Å². The topological polar surface area (TPSA) is 48.0 Å². The maximum Gasteiger partial charge on any atom is 0.292 e. The highest BCUT2D eigenvalue weighted by atomic mass is 35.5. The standard InChI is InChI=1S/C20H20ClNO4/c1-2-24-18-7-4-3-6-14(18)13-22-17-9-8-15(21)12-16(17)20(19(22)23)25-10-5-11-26-20/h3-4,6-9,12H,2,5,10-11,13H2,1H3. The van der Waals surface area contributed by atoms with Crippen molar-refractivity contribution in [1.29, 1.82) is 0 Å². The second-order valence-corrected chi connectivity index (χ2v) is 6.70. The molecular formula is C20H20ClNO4. The monoisotopic (exact) mass is 373 g/mol. The molecule has 2 heterocycles. The Morgan fingerprint density at radius 3 is 2.73 bits per heavy atom. The number of fused-ring (bicyclic) bond motifs is 2. The van der Waals surface area contributed by atoms with Crippen LogP contribution in [0, 0.1) is 0 Å². The number of benzene rings is 2. The van der Waals surface area contributed by atoms with Gasteiger partial charge in [-0.2, -0.15) is 0 Å². The summed E-state index contributed by atoms with van der Waals surface area (Å²) in [6, 6.07) is 13.1. The number of ether oxygens (including phenoxy) is 3. The first-order valence-electron chi connectivity index (χ1n) is 8.76. The van der Waals surface area contributed by atoms with E-state index in [2.05, 4.69) is 0 Å². The molecule has 5 nitrogen and oxygen atoms in total. The fraction of sp³-hybridized carbons (Fsp3) is 0.350. The molecule has 0 bridgehead atoms. The molecule has 1 saturated heterocycles. The van der Waals surface area contributed by atoms with Gasteiger partial charge in [-0.1, -0.05) is 29.8 Å². The van der Waals surface area contributed by atoms with Gasteiger partial charge in [0.05, 0.1) is 32.1 Å². The van der Waals surface area contributed by atoms with Crippen LogP contribution in [0.25, 0.3) is 0 Å². The van der Waals surface area contributed by atoms with Crippen molar-refractivity contribution >= 4 is 23.2 Å². The molecule has 0 N–H and O–H groups in total. The zero-order chi connectivity index (χ0) is 18.1. The van der Waals surface area contributed by atoms with E-state index in [1.165, 1.54) is 0 Å². The Morgan fingerprint density at radius 2 is 1.96 bits per heavy atom. The number of amides is 1. The average molecular weight is 374 g/mol. The lowest BCUT2D eigenvalue weighted by atomic mass is 10.1. The van der Waals surface area contributed by atoms with Crippen LogP contribution in [0.15, 0.2) is 42.5 Å². The molecule has 0 radical (unpaired) electrons. The van der Waals surface area contributed by atoms with Crippen LogP contribution in [0.2, 0.25) is 5.02 Å². The molecule has 2 aliphatic rings. The number of halogens is 1. The van der Waals surface area contributed by atoms with Gasteiger partial charge in [-0.25, -0.2) is 0 Å². The van der Waals surface area contributed by atoms with Crippen molar-refractivity contribution in [3.05, 3.63) is 58.6 Å². The van der Waals surface area contributed by atoms with Crippen molar-refractivity contribution in [2.45, 2.75) is 25.7 Å². The Balaban J connectivity index is 1.75. The van der Waals surface area contributed by atoms with Gasteiger partial charge in [-0.15, -0.1) is 0 Å². The molecule has 0 aliphatic carbocycles. The summed E-state index contributed by atoms with van der Waals surface area (Å²) in [5.74, 6) is -0.843. The number of para-hydroxylation sites is 1. The quantitative estimate of drug-likeness (QED) is 0.816. The molecule has 1 fully saturated rings. The van der Waals surface area contributed by atoms with Crippen LogP contribution < -0.4 is 9.64 Å². The van der Waals surface area contributed by atoms with Gasteiger partial charge in [0.15, 0.2) is 0 Å². The minimum absolute atomic E-state index is 0.222. The van der Waals surface area contributed by atoms with Crippen molar-refractivity contribution in [2.75, 3.05) is 24.7 Å². The number of hydrogen-bond acceptors (Lipinski definition) is 4. The van der Waals surface area contributed by atoms with Gasteiger partial charge in [-0.05, 0) is 37.6 Å². The van der Waals surface area contributed by atoms with Gasteiger partial charge < -0.3 is 19.1 Å². The molecular weight excluding hydrogens is 354 g/mol. The van der Waals surface area contributed by atoms with Gasteiger partial charge in [0.25, 0.3) is 11.7 Å². The maximum atomic E-state index is 13.3. The molecule has 2 aliphatic heterocycles. The summed E-state index contributed by atoms with van der Waals surface area (Å²) in [6.45, 7) is 3.82. The zero-order valence-electron chi connectivity index (χ0n) is 14.5. The number of hydrogen-bond donors (Lipinski definition) is 0. The van der Waals surface area contributed by atoms with Crippen LogP contribution in [0.4, 0.5) is 5.69 Å². The van der Waals surface area contributed by atoms with Crippen LogP contribution in [0.5, 0.6) is 5.75 Å². The Morgan fingerprint density at radius 1 is 1.19 bits per heavy atom. The molecule has 26 heavy (non-hydrogen) atoms. The van der Waals surface area contributed by atoms with Crippen molar-refractivity contribution < 1.29 is 19.0 Å². The highest BCUT2D eigenvalue weighted by molar-refractivity contribution is 6.31. The lowest BCUT2D eigenvalue weighted by Crippen LogP contribution is -2.47. The van der Waals surface area contributed by atoms with Crippen molar-refractivity contribution in [2.24, 2.45) is 0 Å². The average Bonchev–Trinajstić information content (AvgIpc) is 2.87. The van der Waals surface area contributed by atoms with Gasteiger partial charge >= 0.3 is 0 Å². The third-order valence-electron chi connectivity index (χ3n) is 4.63. The largest absolute Gasteiger partial charge is 0.494 e. The highest BCUT2D eigenvalue weighted by Gasteiger charge is 2.55.